The molecule has 0 fully saturated rings. The molecule has 0 heterocycles. The molecule has 0 bridgehead atoms. The fourth-order valence-corrected chi connectivity index (χ4v) is 2.04. The maximum absolute atomic E-state index is 11.7. The molecule has 0 saturated carbocycles. The van der Waals surface area contributed by atoms with E-state index in [2.05, 4.69) is 21.2 Å². The fourth-order valence-electron chi connectivity index (χ4n) is 1.56. The summed E-state index contributed by atoms with van der Waals surface area (Å²) >= 11 is 3.47. The van der Waals surface area contributed by atoms with Gasteiger partial charge in [0.1, 0.15) is 12.1 Å². The van der Waals surface area contributed by atoms with Gasteiger partial charge in [-0.15, -0.1) is 0 Å². The van der Waals surface area contributed by atoms with Crippen LogP contribution in [-0.2, 0) is 20.9 Å². The summed E-state index contributed by atoms with van der Waals surface area (Å²) in [6.45, 7) is 6.14. The normalized spacial score (nSPS) is 11.2. The SMILES string of the molecule is COCc1c(Br)cccc1NCC(=O)OC(C)(C)C. The van der Waals surface area contributed by atoms with E-state index >= 15 is 0 Å². The predicted molar refractivity (Wildman–Crippen MR) is 79.2 cm³/mol. The first kappa shape index (κ1) is 16.0. The highest BCUT2D eigenvalue weighted by Gasteiger charge is 2.16. The van der Waals surface area contributed by atoms with Crippen LogP contribution in [0, 0.1) is 0 Å². The molecular formula is C14H20BrNO3. The lowest BCUT2D eigenvalue weighted by Gasteiger charge is -2.20. The molecule has 5 heteroatoms. The summed E-state index contributed by atoms with van der Waals surface area (Å²) < 4.78 is 11.3. The molecule has 0 aromatic heterocycles. The lowest BCUT2D eigenvalue weighted by molar-refractivity contribution is -0.152. The quantitative estimate of drug-likeness (QED) is 0.841. The second-order valence-electron chi connectivity index (χ2n) is 5.14. The minimum atomic E-state index is -0.467. The first-order chi connectivity index (χ1) is 8.83. The standard InChI is InChI=1S/C14H20BrNO3/c1-14(2,3)19-13(17)8-16-12-7-5-6-11(15)10(12)9-18-4/h5-7,16H,8-9H2,1-4H3. The molecule has 0 saturated heterocycles. The maximum atomic E-state index is 11.7. The average molecular weight is 330 g/mol. The number of hydrogen-bond acceptors (Lipinski definition) is 4. The zero-order valence-corrected chi connectivity index (χ0v) is 13.3. The number of hydrogen-bond donors (Lipinski definition) is 1. The van der Waals surface area contributed by atoms with E-state index in [1.165, 1.54) is 0 Å². The number of ether oxygens (including phenoxy) is 2. The molecule has 0 aliphatic heterocycles. The van der Waals surface area contributed by atoms with Gasteiger partial charge in [0.2, 0.25) is 0 Å². The molecule has 1 aromatic carbocycles. The van der Waals surface area contributed by atoms with Crippen molar-refractivity contribution in [1.82, 2.24) is 0 Å². The van der Waals surface area contributed by atoms with E-state index in [1.807, 2.05) is 39.0 Å². The third-order valence-corrected chi connectivity index (χ3v) is 2.99. The topological polar surface area (TPSA) is 47.6 Å². The number of halogens is 1. The third kappa shape index (κ3) is 5.61. The van der Waals surface area contributed by atoms with Gasteiger partial charge >= 0.3 is 5.97 Å². The van der Waals surface area contributed by atoms with Gasteiger partial charge in [0.15, 0.2) is 0 Å². The minimum Gasteiger partial charge on any atom is -0.459 e. The largest absolute Gasteiger partial charge is 0.459 e. The van der Waals surface area contributed by atoms with Crippen molar-refractivity contribution in [2.75, 3.05) is 19.0 Å². The van der Waals surface area contributed by atoms with Crippen LogP contribution in [0.25, 0.3) is 0 Å². The van der Waals surface area contributed by atoms with Crippen molar-refractivity contribution in [2.45, 2.75) is 33.0 Å². The van der Waals surface area contributed by atoms with Gasteiger partial charge in [0.05, 0.1) is 6.61 Å². The highest BCUT2D eigenvalue weighted by atomic mass is 79.9. The van der Waals surface area contributed by atoms with Crippen molar-refractivity contribution in [1.29, 1.82) is 0 Å². The maximum Gasteiger partial charge on any atom is 0.325 e. The number of rotatable bonds is 5. The summed E-state index contributed by atoms with van der Waals surface area (Å²) in [5.74, 6) is -0.282. The molecule has 0 amide bonds. The number of anilines is 1. The molecule has 1 aromatic rings. The summed E-state index contributed by atoms with van der Waals surface area (Å²) in [5.41, 5.74) is 1.38. The van der Waals surface area contributed by atoms with E-state index in [0.717, 1.165) is 15.7 Å². The Balaban J connectivity index is 2.67. The van der Waals surface area contributed by atoms with Crippen LogP contribution in [0.15, 0.2) is 22.7 Å². The Morgan fingerprint density at radius 1 is 1.37 bits per heavy atom. The number of carbonyl (C=O) groups excluding carboxylic acids is 1. The molecule has 0 spiro atoms. The van der Waals surface area contributed by atoms with E-state index in [1.54, 1.807) is 7.11 Å². The molecule has 4 nitrogen and oxygen atoms in total. The van der Waals surface area contributed by atoms with E-state index in [0.29, 0.717) is 6.61 Å². The van der Waals surface area contributed by atoms with E-state index in [-0.39, 0.29) is 12.5 Å². The Hall–Kier alpha value is -1.07. The number of nitrogens with one attached hydrogen (secondary N) is 1. The Morgan fingerprint density at radius 3 is 2.63 bits per heavy atom. The van der Waals surface area contributed by atoms with Gasteiger partial charge in [0.25, 0.3) is 0 Å². The minimum absolute atomic E-state index is 0.129. The van der Waals surface area contributed by atoms with Crippen molar-refractivity contribution in [3.05, 3.63) is 28.2 Å². The summed E-state index contributed by atoms with van der Waals surface area (Å²) in [7, 11) is 1.64. The van der Waals surface area contributed by atoms with Crippen LogP contribution < -0.4 is 5.32 Å². The predicted octanol–water partition coefficient (Wildman–Crippen LogP) is 3.35. The Bertz CT molecular complexity index is 441. The number of methoxy groups -OCH3 is 1. The second kappa shape index (κ2) is 6.91. The molecule has 1 N–H and O–H groups in total. The van der Waals surface area contributed by atoms with Crippen molar-refractivity contribution in [2.24, 2.45) is 0 Å². The molecular weight excluding hydrogens is 310 g/mol. The van der Waals surface area contributed by atoms with Gasteiger partial charge in [-0.2, -0.15) is 0 Å². The molecule has 1 rings (SSSR count). The van der Waals surface area contributed by atoms with Crippen LogP contribution in [0.2, 0.25) is 0 Å². The number of benzene rings is 1. The summed E-state index contributed by atoms with van der Waals surface area (Å²) in [6.07, 6.45) is 0. The Kier molecular flexibility index (Phi) is 5.82. The molecule has 19 heavy (non-hydrogen) atoms. The first-order valence-corrected chi connectivity index (χ1v) is 6.85. The zero-order chi connectivity index (χ0) is 14.5. The van der Waals surface area contributed by atoms with Crippen molar-refractivity contribution in [3.8, 4) is 0 Å². The van der Waals surface area contributed by atoms with Gasteiger partial charge in [0, 0.05) is 22.8 Å². The van der Waals surface area contributed by atoms with E-state index in [9.17, 15) is 4.79 Å². The van der Waals surface area contributed by atoms with Gasteiger partial charge in [-0.25, -0.2) is 0 Å². The van der Waals surface area contributed by atoms with Gasteiger partial charge in [-0.3, -0.25) is 4.79 Å². The van der Waals surface area contributed by atoms with Crippen molar-refractivity contribution >= 4 is 27.6 Å². The van der Waals surface area contributed by atoms with E-state index < -0.39 is 5.60 Å². The lowest BCUT2D eigenvalue weighted by Crippen LogP contribution is -2.28. The van der Waals surface area contributed by atoms with Gasteiger partial charge in [-0.05, 0) is 32.9 Å². The van der Waals surface area contributed by atoms with Crippen LogP contribution >= 0.6 is 15.9 Å². The molecule has 0 aliphatic rings. The van der Waals surface area contributed by atoms with Crippen LogP contribution in [0.4, 0.5) is 5.69 Å². The Labute approximate surface area is 122 Å². The molecule has 0 radical (unpaired) electrons. The summed E-state index contributed by atoms with van der Waals surface area (Å²) in [4.78, 5) is 11.7. The van der Waals surface area contributed by atoms with E-state index in [4.69, 9.17) is 9.47 Å². The van der Waals surface area contributed by atoms with Crippen LogP contribution in [-0.4, -0.2) is 25.2 Å². The second-order valence-corrected chi connectivity index (χ2v) is 5.99. The van der Waals surface area contributed by atoms with Crippen molar-refractivity contribution in [3.63, 3.8) is 0 Å². The highest BCUT2D eigenvalue weighted by molar-refractivity contribution is 9.10. The molecule has 0 unspecified atom stereocenters. The zero-order valence-electron chi connectivity index (χ0n) is 11.7. The van der Waals surface area contributed by atoms with Crippen LogP contribution in [0.3, 0.4) is 0 Å². The first-order valence-electron chi connectivity index (χ1n) is 6.05. The highest BCUT2D eigenvalue weighted by Crippen LogP contribution is 2.25. The summed E-state index contributed by atoms with van der Waals surface area (Å²) in [5, 5.41) is 3.08. The third-order valence-electron chi connectivity index (χ3n) is 2.25. The van der Waals surface area contributed by atoms with Crippen LogP contribution in [0.5, 0.6) is 0 Å². The van der Waals surface area contributed by atoms with Crippen molar-refractivity contribution < 1.29 is 14.3 Å². The van der Waals surface area contributed by atoms with Crippen LogP contribution in [0.1, 0.15) is 26.3 Å². The lowest BCUT2D eigenvalue weighted by atomic mass is 10.2. The molecule has 106 valence electrons. The Morgan fingerprint density at radius 2 is 2.05 bits per heavy atom. The smallest absolute Gasteiger partial charge is 0.325 e. The van der Waals surface area contributed by atoms with Gasteiger partial charge in [-0.1, -0.05) is 22.0 Å². The fraction of sp³-hybridized carbons (Fsp3) is 0.500. The number of esters is 1. The average Bonchev–Trinajstić information content (AvgIpc) is 2.28. The monoisotopic (exact) mass is 329 g/mol. The molecule has 0 aliphatic carbocycles. The number of carbonyl (C=O) groups is 1. The molecule has 0 atom stereocenters. The van der Waals surface area contributed by atoms with Gasteiger partial charge < -0.3 is 14.8 Å². The summed E-state index contributed by atoms with van der Waals surface area (Å²) in [6, 6.07) is 5.75.